The maximum atomic E-state index is 9.19. The first-order valence-corrected chi connectivity index (χ1v) is 7.05. The fourth-order valence-corrected chi connectivity index (χ4v) is 2.82. The van der Waals surface area contributed by atoms with Crippen LogP contribution in [0.1, 0.15) is 18.2 Å². The first kappa shape index (κ1) is 15.0. The first-order chi connectivity index (χ1) is 9.01. The van der Waals surface area contributed by atoms with E-state index in [0.29, 0.717) is 29.9 Å². The minimum atomic E-state index is -0.146. The zero-order valence-electron chi connectivity index (χ0n) is 11.1. The molecule has 19 heavy (non-hydrogen) atoms. The Bertz CT molecular complexity index is 433. The third-order valence-electron chi connectivity index (χ3n) is 3.35. The lowest BCUT2D eigenvalue weighted by Gasteiger charge is -2.37. The van der Waals surface area contributed by atoms with E-state index in [4.69, 9.17) is 27.9 Å². The van der Waals surface area contributed by atoms with Gasteiger partial charge in [-0.1, -0.05) is 23.2 Å². The van der Waals surface area contributed by atoms with Gasteiger partial charge in [0.1, 0.15) is 5.15 Å². The number of hydrogen-bond acceptors (Lipinski definition) is 4. The SMILES string of the molecule is Cc1cc(Cl)c(CN2CC(CO)OCC2C)c(Cl)n1. The van der Waals surface area contributed by atoms with Crippen LogP contribution in [-0.2, 0) is 11.3 Å². The molecule has 0 bridgehead atoms. The zero-order chi connectivity index (χ0) is 14.0. The molecule has 2 atom stereocenters. The molecule has 2 rings (SSSR count). The van der Waals surface area contributed by atoms with Crippen molar-refractivity contribution < 1.29 is 9.84 Å². The Labute approximate surface area is 123 Å². The number of rotatable bonds is 3. The molecule has 0 aromatic carbocycles. The molecule has 1 N–H and O–H groups in total. The Morgan fingerprint density at radius 2 is 2.26 bits per heavy atom. The van der Waals surface area contributed by atoms with E-state index in [1.165, 1.54) is 0 Å². The van der Waals surface area contributed by atoms with Crippen molar-refractivity contribution in [2.45, 2.75) is 32.5 Å². The van der Waals surface area contributed by atoms with Gasteiger partial charge in [0.05, 0.1) is 19.3 Å². The lowest BCUT2D eigenvalue weighted by molar-refractivity contribution is -0.0805. The average Bonchev–Trinajstić information content (AvgIpc) is 2.35. The van der Waals surface area contributed by atoms with Gasteiger partial charge in [0.15, 0.2) is 0 Å². The molecule has 2 unspecified atom stereocenters. The molecule has 106 valence electrons. The van der Waals surface area contributed by atoms with E-state index >= 15 is 0 Å². The van der Waals surface area contributed by atoms with Gasteiger partial charge in [-0.15, -0.1) is 0 Å². The second-order valence-corrected chi connectivity index (χ2v) is 5.70. The summed E-state index contributed by atoms with van der Waals surface area (Å²) in [5.74, 6) is 0. The highest BCUT2D eigenvalue weighted by molar-refractivity contribution is 6.35. The summed E-state index contributed by atoms with van der Waals surface area (Å²) in [5.41, 5.74) is 1.64. The second kappa shape index (κ2) is 6.37. The second-order valence-electron chi connectivity index (χ2n) is 4.93. The Balaban J connectivity index is 2.15. The summed E-state index contributed by atoms with van der Waals surface area (Å²) in [4.78, 5) is 6.44. The van der Waals surface area contributed by atoms with E-state index in [-0.39, 0.29) is 18.8 Å². The van der Waals surface area contributed by atoms with Crippen molar-refractivity contribution in [3.05, 3.63) is 27.5 Å². The molecule has 1 aliphatic heterocycles. The van der Waals surface area contributed by atoms with E-state index in [9.17, 15) is 5.11 Å². The van der Waals surface area contributed by atoms with Crippen LogP contribution in [0.2, 0.25) is 10.2 Å². The van der Waals surface area contributed by atoms with E-state index in [1.54, 1.807) is 0 Å². The highest BCUT2D eigenvalue weighted by Gasteiger charge is 2.26. The number of aryl methyl sites for hydroxylation is 1. The predicted molar refractivity (Wildman–Crippen MR) is 75.7 cm³/mol. The van der Waals surface area contributed by atoms with Crippen LogP contribution in [-0.4, -0.2) is 46.9 Å². The largest absolute Gasteiger partial charge is 0.394 e. The Kier molecular flexibility index (Phi) is 5.03. The van der Waals surface area contributed by atoms with Gasteiger partial charge in [-0.25, -0.2) is 4.98 Å². The summed E-state index contributed by atoms with van der Waals surface area (Å²) >= 11 is 12.4. The van der Waals surface area contributed by atoms with Crippen LogP contribution in [0.3, 0.4) is 0 Å². The minimum Gasteiger partial charge on any atom is -0.394 e. The van der Waals surface area contributed by atoms with E-state index < -0.39 is 0 Å². The van der Waals surface area contributed by atoms with Crippen molar-refractivity contribution in [1.82, 2.24) is 9.88 Å². The van der Waals surface area contributed by atoms with Gasteiger partial charge in [0.2, 0.25) is 0 Å². The average molecular weight is 305 g/mol. The number of aromatic nitrogens is 1. The van der Waals surface area contributed by atoms with Crippen molar-refractivity contribution >= 4 is 23.2 Å². The van der Waals surface area contributed by atoms with Crippen LogP contribution in [0.15, 0.2) is 6.07 Å². The molecule has 1 aromatic rings. The topological polar surface area (TPSA) is 45.6 Å². The summed E-state index contributed by atoms with van der Waals surface area (Å²) in [7, 11) is 0. The summed E-state index contributed by atoms with van der Waals surface area (Å²) < 4.78 is 5.51. The molecular weight excluding hydrogens is 287 g/mol. The van der Waals surface area contributed by atoms with Crippen molar-refractivity contribution in [3.63, 3.8) is 0 Å². The lowest BCUT2D eigenvalue weighted by Crippen LogP contribution is -2.48. The Morgan fingerprint density at radius 3 is 2.89 bits per heavy atom. The summed E-state index contributed by atoms with van der Waals surface area (Å²) in [6.45, 7) is 5.85. The lowest BCUT2D eigenvalue weighted by atomic mass is 10.1. The fourth-order valence-electron chi connectivity index (χ4n) is 2.17. The molecule has 0 spiro atoms. The molecular formula is C13H18Cl2N2O2. The van der Waals surface area contributed by atoms with Crippen LogP contribution >= 0.6 is 23.2 Å². The van der Waals surface area contributed by atoms with Gasteiger partial charge in [-0.05, 0) is 19.9 Å². The maximum Gasteiger partial charge on any atom is 0.135 e. The van der Waals surface area contributed by atoms with Gasteiger partial charge < -0.3 is 9.84 Å². The molecule has 4 nitrogen and oxygen atoms in total. The van der Waals surface area contributed by atoms with Gasteiger partial charge in [-0.2, -0.15) is 0 Å². The number of ether oxygens (including phenoxy) is 1. The van der Waals surface area contributed by atoms with E-state index in [0.717, 1.165) is 11.3 Å². The first-order valence-electron chi connectivity index (χ1n) is 6.29. The third-order valence-corrected chi connectivity index (χ3v) is 4.00. The minimum absolute atomic E-state index is 0.0246. The zero-order valence-corrected chi connectivity index (χ0v) is 12.6. The van der Waals surface area contributed by atoms with E-state index in [1.807, 2.05) is 13.0 Å². The molecule has 0 amide bonds. The summed E-state index contributed by atoms with van der Waals surface area (Å²) in [6.07, 6.45) is -0.146. The molecule has 0 radical (unpaired) electrons. The number of aliphatic hydroxyl groups is 1. The van der Waals surface area contributed by atoms with Crippen LogP contribution in [0.4, 0.5) is 0 Å². The number of aliphatic hydroxyl groups excluding tert-OH is 1. The molecule has 1 saturated heterocycles. The summed E-state index contributed by atoms with van der Waals surface area (Å²) in [5, 5.41) is 10.3. The quantitative estimate of drug-likeness (QED) is 0.870. The molecule has 1 fully saturated rings. The number of pyridine rings is 1. The summed E-state index contributed by atoms with van der Waals surface area (Å²) in [6, 6.07) is 2.08. The third kappa shape index (κ3) is 3.58. The molecule has 1 aromatic heterocycles. The van der Waals surface area contributed by atoms with Crippen LogP contribution in [0, 0.1) is 6.92 Å². The van der Waals surface area contributed by atoms with Crippen LogP contribution in [0.25, 0.3) is 0 Å². The number of nitrogens with zero attached hydrogens (tertiary/aromatic N) is 2. The predicted octanol–water partition coefficient (Wildman–Crippen LogP) is 2.28. The normalized spacial score (nSPS) is 24.7. The van der Waals surface area contributed by atoms with Crippen molar-refractivity contribution in [2.24, 2.45) is 0 Å². The number of halogens is 2. The molecule has 1 aliphatic rings. The highest BCUT2D eigenvalue weighted by atomic mass is 35.5. The van der Waals surface area contributed by atoms with Gasteiger partial charge in [0, 0.05) is 35.4 Å². The number of hydrogen-bond donors (Lipinski definition) is 1. The van der Waals surface area contributed by atoms with E-state index in [2.05, 4.69) is 16.8 Å². The van der Waals surface area contributed by atoms with Crippen molar-refractivity contribution in [1.29, 1.82) is 0 Å². The fraction of sp³-hybridized carbons (Fsp3) is 0.615. The standard InChI is InChI=1S/C13H18Cl2N2O2/c1-8-3-12(14)11(13(15)16-8)5-17-4-10(6-18)19-7-9(17)2/h3,9-10,18H,4-7H2,1-2H3. The van der Waals surface area contributed by atoms with Crippen LogP contribution < -0.4 is 0 Å². The maximum absolute atomic E-state index is 9.19. The molecule has 6 heteroatoms. The molecule has 2 heterocycles. The smallest absolute Gasteiger partial charge is 0.135 e. The number of morpholine rings is 1. The Morgan fingerprint density at radius 1 is 1.53 bits per heavy atom. The van der Waals surface area contributed by atoms with Crippen molar-refractivity contribution in [3.8, 4) is 0 Å². The van der Waals surface area contributed by atoms with Gasteiger partial charge >= 0.3 is 0 Å². The van der Waals surface area contributed by atoms with Gasteiger partial charge in [-0.3, -0.25) is 4.90 Å². The van der Waals surface area contributed by atoms with Crippen LogP contribution in [0.5, 0.6) is 0 Å². The van der Waals surface area contributed by atoms with Gasteiger partial charge in [0.25, 0.3) is 0 Å². The monoisotopic (exact) mass is 304 g/mol. The van der Waals surface area contributed by atoms with Crippen molar-refractivity contribution in [2.75, 3.05) is 19.8 Å². The Hall–Kier alpha value is -0.390. The molecule has 0 aliphatic carbocycles. The molecule has 0 saturated carbocycles. The highest BCUT2D eigenvalue weighted by Crippen LogP contribution is 2.27.